The van der Waals surface area contributed by atoms with Gasteiger partial charge in [0.05, 0.1) is 17.0 Å². The maximum absolute atomic E-state index is 13.7. The molecule has 30 heavy (non-hydrogen) atoms. The van der Waals surface area contributed by atoms with Crippen LogP contribution >= 0.6 is 11.8 Å². The van der Waals surface area contributed by atoms with Gasteiger partial charge in [-0.05, 0) is 42.7 Å². The second-order valence-electron chi connectivity index (χ2n) is 6.94. The summed E-state index contributed by atoms with van der Waals surface area (Å²) in [4.78, 5) is 16.7. The molecule has 7 heteroatoms. The fraction of sp³-hybridized carbons (Fsp3) is 0.174. The number of nitrogens with zero attached hydrogens (tertiary/aromatic N) is 3. The van der Waals surface area contributed by atoms with Gasteiger partial charge in [-0.25, -0.2) is 13.9 Å². The number of fused-ring (bicyclic) bond motifs is 1. The Bertz CT molecular complexity index is 1200. The van der Waals surface area contributed by atoms with Crippen LogP contribution in [-0.4, -0.2) is 26.3 Å². The summed E-state index contributed by atoms with van der Waals surface area (Å²) >= 11 is 1.32. The molecule has 4 aromatic rings. The van der Waals surface area contributed by atoms with Crippen LogP contribution in [0.3, 0.4) is 0 Å². The van der Waals surface area contributed by atoms with Gasteiger partial charge in [0.25, 0.3) is 0 Å². The lowest BCUT2D eigenvalue weighted by Crippen LogP contribution is -2.14. The molecule has 4 rings (SSSR count). The van der Waals surface area contributed by atoms with Gasteiger partial charge in [0.15, 0.2) is 0 Å². The number of carbonyl (C=O) groups excluding carboxylic acids is 1. The number of rotatable bonds is 6. The first-order valence-corrected chi connectivity index (χ1v) is 10.6. The van der Waals surface area contributed by atoms with Crippen LogP contribution in [0.5, 0.6) is 0 Å². The average molecular weight is 421 g/mol. The number of anilines is 1. The number of hydrogen-bond donors (Lipinski definition) is 1. The fourth-order valence-electron chi connectivity index (χ4n) is 3.06. The Hall–Kier alpha value is -3.19. The van der Waals surface area contributed by atoms with Crippen LogP contribution in [0.1, 0.15) is 18.1 Å². The van der Waals surface area contributed by atoms with Gasteiger partial charge in [-0.3, -0.25) is 4.79 Å². The maximum atomic E-state index is 13.7. The van der Waals surface area contributed by atoms with Gasteiger partial charge < -0.3 is 5.32 Å². The molecule has 152 valence electrons. The van der Waals surface area contributed by atoms with E-state index in [0.717, 1.165) is 23.2 Å². The van der Waals surface area contributed by atoms with Crippen molar-refractivity contribution in [1.29, 1.82) is 0 Å². The van der Waals surface area contributed by atoms with Crippen molar-refractivity contribution in [3.05, 3.63) is 77.9 Å². The molecule has 1 N–H and O–H groups in total. The number of hydrogen-bond acceptors (Lipinski definition) is 4. The van der Waals surface area contributed by atoms with E-state index in [-0.39, 0.29) is 17.5 Å². The SMILES string of the molecule is CCc1ccc(-c2cc3c(SCC(=O)Nc4ccc(C)c(F)c4)nccn3n2)cc1. The van der Waals surface area contributed by atoms with Crippen molar-refractivity contribution in [2.45, 2.75) is 25.3 Å². The average Bonchev–Trinajstić information content (AvgIpc) is 3.20. The van der Waals surface area contributed by atoms with Crippen LogP contribution in [0.15, 0.2) is 66.0 Å². The molecule has 1 amide bonds. The first-order valence-electron chi connectivity index (χ1n) is 9.66. The molecule has 0 saturated heterocycles. The first-order chi connectivity index (χ1) is 14.5. The smallest absolute Gasteiger partial charge is 0.234 e. The van der Waals surface area contributed by atoms with E-state index in [9.17, 15) is 9.18 Å². The van der Waals surface area contributed by atoms with Crippen molar-refractivity contribution in [2.24, 2.45) is 0 Å². The summed E-state index contributed by atoms with van der Waals surface area (Å²) in [6.45, 7) is 3.81. The predicted molar refractivity (Wildman–Crippen MR) is 118 cm³/mol. The van der Waals surface area contributed by atoms with Crippen molar-refractivity contribution in [1.82, 2.24) is 14.6 Å². The summed E-state index contributed by atoms with van der Waals surface area (Å²) < 4.78 is 15.4. The summed E-state index contributed by atoms with van der Waals surface area (Å²) in [7, 11) is 0. The molecule has 0 aliphatic rings. The largest absolute Gasteiger partial charge is 0.325 e. The van der Waals surface area contributed by atoms with Gasteiger partial charge in [-0.1, -0.05) is 49.0 Å². The van der Waals surface area contributed by atoms with Crippen LogP contribution in [0.2, 0.25) is 0 Å². The van der Waals surface area contributed by atoms with Crippen molar-refractivity contribution < 1.29 is 9.18 Å². The van der Waals surface area contributed by atoms with E-state index in [1.54, 1.807) is 36.0 Å². The molecule has 0 saturated carbocycles. The van der Waals surface area contributed by atoms with Crippen molar-refractivity contribution in [3.63, 3.8) is 0 Å². The summed E-state index contributed by atoms with van der Waals surface area (Å²) in [5, 5.41) is 8.07. The normalized spacial score (nSPS) is 11.0. The van der Waals surface area contributed by atoms with Gasteiger partial charge >= 0.3 is 0 Å². The lowest BCUT2D eigenvalue weighted by Gasteiger charge is -2.06. The summed E-state index contributed by atoms with van der Waals surface area (Å²) in [6, 6.07) is 15.0. The van der Waals surface area contributed by atoms with E-state index < -0.39 is 0 Å². The second-order valence-corrected chi connectivity index (χ2v) is 7.91. The van der Waals surface area contributed by atoms with Crippen LogP contribution in [0, 0.1) is 12.7 Å². The molecule has 0 aliphatic carbocycles. The minimum Gasteiger partial charge on any atom is -0.325 e. The van der Waals surface area contributed by atoms with Crippen molar-refractivity contribution in [2.75, 3.05) is 11.1 Å². The molecule has 0 atom stereocenters. The maximum Gasteiger partial charge on any atom is 0.234 e. The number of aryl methyl sites for hydroxylation is 2. The van der Waals surface area contributed by atoms with E-state index >= 15 is 0 Å². The van der Waals surface area contributed by atoms with Crippen molar-refractivity contribution >= 4 is 28.9 Å². The molecule has 0 fully saturated rings. The molecular weight excluding hydrogens is 399 g/mol. The molecule has 0 radical (unpaired) electrons. The molecular formula is C23H21FN4OS. The molecule has 2 aromatic heterocycles. The quantitative estimate of drug-likeness (QED) is 0.439. The Morgan fingerprint density at radius 1 is 1.17 bits per heavy atom. The number of amides is 1. The summed E-state index contributed by atoms with van der Waals surface area (Å²) in [5.74, 6) is -0.402. The zero-order valence-electron chi connectivity index (χ0n) is 16.7. The zero-order valence-corrected chi connectivity index (χ0v) is 17.5. The number of nitrogens with one attached hydrogen (secondary N) is 1. The Kier molecular flexibility index (Phi) is 5.81. The molecule has 2 aromatic carbocycles. The highest BCUT2D eigenvalue weighted by molar-refractivity contribution is 8.00. The van der Waals surface area contributed by atoms with E-state index in [2.05, 4.69) is 46.6 Å². The number of benzene rings is 2. The van der Waals surface area contributed by atoms with Gasteiger partial charge in [-0.15, -0.1) is 0 Å². The van der Waals surface area contributed by atoms with Crippen LogP contribution in [-0.2, 0) is 11.2 Å². The molecule has 0 bridgehead atoms. The molecule has 0 unspecified atom stereocenters. The Balaban J connectivity index is 1.49. The van der Waals surface area contributed by atoms with Crippen LogP contribution < -0.4 is 5.32 Å². The molecule has 5 nitrogen and oxygen atoms in total. The number of aromatic nitrogens is 3. The van der Waals surface area contributed by atoms with Crippen LogP contribution in [0.4, 0.5) is 10.1 Å². The third-order valence-electron chi connectivity index (χ3n) is 4.81. The lowest BCUT2D eigenvalue weighted by atomic mass is 10.1. The van der Waals surface area contributed by atoms with Crippen molar-refractivity contribution in [3.8, 4) is 11.3 Å². The zero-order chi connectivity index (χ0) is 21.1. The van der Waals surface area contributed by atoms with E-state index in [1.165, 1.54) is 23.4 Å². The third-order valence-corrected chi connectivity index (χ3v) is 5.80. The molecule has 0 aliphatic heterocycles. The fourth-order valence-corrected chi connectivity index (χ4v) is 3.84. The molecule has 2 heterocycles. The highest BCUT2D eigenvalue weighted by Gasteiger charge is 2.12. The highest BCUT2D eigenvalue weighted by Crippen LogP contribution is 2.26. The van der Waals surface area contributed by atoms with Crippen LogP contribution in [0.25, 0.3) is 16.8 Å². The van der Waals surface area contributed by atoms with Gasteiger partial charge in [0, 0.05) is 23.6 Å². The highest BCUT2D eigenvalue weighted by atomic mass is 32.2. The van der Waals surface area contributed by atoms with Gasteiger partial charge in [0.2, 0.25) is 5.91 Å². The topological polar surface area (TPSA) is 59.3 Å². The standard InChI is InChI=1S/C23H21FN4OS/c1-3-16-5-7-17(8-6-16)20-13-21-23(25-10-11-28(21)27-20)30-14-22(29)26-18-9-4-15(2)19(24)12-18/h4-13H,3,14H2,1-2H3,(H,26,29). The predicted octanol–water partition coefficient (Wildman–Crippen LogP) is 5.14. The Morgan fingerprint density at radius 3 is 2.70 bits per heavy atom. The molecule has 0 spiro atoms. The first kappa shape index (κ1) is 20.1. The van der Waals surface area contributed by atoms with E-state index in [4.69, 9.17) is 0 Å². The number of thioether (sulfide) groups is 1. The monoisotopic (exact) mass is 420 g/mol. The third kappa shape index (κ3) is 4.36. The Labute approximate surface area is 178 Å². The number of halogens is 1. The van der Waals surface area contributed by atoms with E-state index in [1.807, 2.05) is 6.07 Å². The Morgan fingerprint density at radius 2 is 1.97 bits per heavy atom. The lowest BCUT2D eigenvalue weighted by molar-refractivity contribution is -0.113. The van der Waals surface area contributed by atoms with Gasteiger partial charge in [-0.2, -0.15) is 5.10 Å². The summed E-state index contributed by atoms with van der Waals surface area (Å²) in [5.41, 5.74) is 4.99. The number of carbonyl (C=O) groups is 1. The van der Waals surface area contributed by atoms with E-state index in [0.29, 0.717) is 16.3 Å². The second kappa shape index (κ2) is 8.67. The van der Waals surface area contributed by atoms with Gasteiger partial charge in [0.1, 0.15) is 10.8 Å². The minimum atomic E-state index is -0.342. The summed E-state index contributed by atoms with van der Waals surface area (Å²) in [6.07, 6.45) is 4.45. The minimum absolute atomic E-state index is 0.161.